The van der Waals surface area contributed by atoms with Crippen molar-refractivity contribution in [3.63, 3.8) is 0 Å². The van der Waals surface area contributed by atoms with E-state index in [1.54, 1.807) is 12.1 Å². The van der Waals surface area contributed by atoms with E-state index < -0.39 is 6.36 Å². The summed E-state index contributed by atoms with van der Waals surface area (Å²) in [5, 5.41) is 3.18. The zero-order chi connectivity index (χ0) is 13.2. The summed E-state index contributed by atoms with van der Waals surface area (Å²) in [6.45, 7) is 0.844. The first-order chi connectivity index (χ1) is 8.44. The van der Waals surface area contributed by atoms with Crippen LogP contribution in [-0.2, 0) is 0 Å². The van der Waals surface area contributed by atoms with Gasteiger partial charge in [0.25, 0.3) is 0 Å². The molecule has 0 aliphatic heterocycles. The molecular weight excluding hydrogens is 311 g/mol. The largest absolute Gasteiger partial charge is 0.573 e. The van der Waals surface area contributed by atoms with Gasteiger partial charge in [0.2, 0.25) is 0 Å². The highest BCUT2D eigenvalue weighted by molar-refractivity contribution is 9.10. The van der Waals surface area contributed by atoms with Gasteiger partial charge in [-0.15, -0.1) is 13.2 Å². The Kier molecular flexibility index (Phi) is 4.04. The lowest BCUT2D eigenvalue weighted by Gasteiger charge is -2.12. The maximum absolute atomic E-state index is 12.1. The molecule has 1 aromatic rings. The van der Waals surface area contributed by atoms with Crippen LogP contribution in [0.2, 0.25) is 0 Å². The summed E-state index contributed by atoms with van der Waals surface area (Å²) in [5.74, 6) is 0.601. The topological polar surface area (TPSA) is 21.3 Å². The number of rotatable bonds is 5. The van der Waals surface area contributed by atoms with E-state index in [-0.39, 0.29) is 10.2 Å². The SMILES string of the molecule is FC(F)(F)Oc1ccc(NCCC2CC2)cc1Br. The Morgan fingerprint density at radius 2 is 2.06 bits per heavy atom. The van der Waals surface area contributed by atoms with Crippen LogP contribution in [-0.4, -0.2) is 12.9 Å². The standard InChI is InChI=1S/C12H13BrF3NO/c13-10-7-9(17-6-5-8-1-2-8)3-4-11(10)18-12(14,15)16/h3-4,7-8,17H,1-2,5-6H2. The lowest BCUT2D eigenvalue weighted by Crippen LogP contribution is -2.17. The number of hydrogen-bond donors (Lipinski definition) is 1. The van der Waals surface area contributed by atoms with Gasteiger partial charge < -0.3 is 10.1 Å². The Balaban J connectivity index is 1.91. The Morgan fingerprint density at radius 1 is 1.33 bits per heavy atom. The highest BCUT2D eigenvalue weighted by atomic mass is 79.9. The summed E-state index contributed by atoms with van der Waals surface area (Å²) < 4.78 is 40.3. The monoisotopic (exact) mass is 323 g/mol. The molecule has 18 heavy (non-hydrogen) atoms. The molecule has 0 bridgehead atoms. The molecule has 0 aromatic heterocycles. The minimum atomic E-state index is -4.66. The predicted octanol–water partition coefficient (Wildman–Crippen LogP) is 4.56. The molecule has 2 rings (SSSR count). The molecule has 0 atom stereocenters. The van der Waals surface area contributed by atoms with Gasteiger partial charge in [0.1, 0.15) is 5.75 Å². The minimum Gasteiger partial charge on any atom is -0.405 e. The van der Waals surface area contributed by atoms with Crippen LogP contribution >= 0.6 is 15.9 Å². The lowest BCUT2D eigenvalue weighted by molar-refractivity contribution is -0.274. The van der Waals surface area contributed by atoms with Gasteiger partial charge in [0.05, 0.1) is 4.47 Å². The Hall–Kier alpha value is -0.910. The van der Waals surface area contributed by atoms with Crippen LogP contribution in [0.3, 0.4) is 0 Å². The highest BCUT2D eigenvalue weighted by Gasteiger charge is 2.31. The van der Waals surface area contributed by atoms with Crippen molar-refractivity contribution < 1.29 is 17.9 Å². The molecule has 0 saturated heterocycles. The van der Waals surface area contributed by atoms with Crippen LogP contribution < -0.4 is 10.1 Å². The van der Waals surface area contributed by atoms with E-state index in [2.05, 4.69) is 26.0 Å². The third-order valence-corrected chi connectivity index (χ3v) is 3.36. The minimum absolute atomic E-state index is 0.227. The van der Waals surface area contributed by atoms with Gasteiger partial charge in [-0.25, -0.2) is 0 Å². The van der Waals surface area contributed by atoms with E-state index in [4.69, 9.17) is 0 Å². The van der Waals surface area contributed by atoms with E-state index in [1.165, 1.54) is 18.9 Å². The normalized spacial score (nSPS) is 15.6. The second-order valence-electron chi connectivity index (χ2n) is 4.35. The molecule has 0 unspecified atom stereocenters. The van der Waals surface area contributed by atoms with Crippen molar-refractivity contribution in [1.29, 1.82) is 0 Å². The molecule has 1 fully saturated rings. The smallest absolute Gasteiger partial charge is 0.405 e. The molecule has 1 aliphatic carbocycles. The molecule has 1 aromatic carbocycles. The van der Waals surface area contributed by atoms with E-state index in [1.807, 2.05) is 0 Å². The zero-order valence-electron chi connectivity index (χ0n) is 9.56. The van der Waals surface area contributed by atoms with E-state index in [0.717, 1.165) is 24.6 Å². The fraction of sp³-hybridized carbons (Fsp3) is 0.500. The van der Waals surface area contributed by atoms with Gasteiger partial charge in [-0.1, -0.05) is 12.8 Å². The predicted molar refractivity (Wildman–Crippen MR) is 66.7 cm³/mol. The first kappa shape index (κ1) is 13.5. The summed E-state index contributed by atoms with van der Waals surface area (Å²) in [6.07, 6.45) is -0.963. The molecule has 100 valence electrons. The molecular formula is C12H13BrF3NO. The van der Waals surface area contributed by atoms with Crippen molar-refractivity contribution in [1.82, 2.24) is 0 Å². The fourth-order valence-corrected chi connectivity index (χ4v) is 2.11. The van der Waals surface area contributed by atoms with Crippen molar-refractivity contribution >= 4 is 21.6 Å². The number of hydrogen-bond acceptors (Lipinski definition) is 2. The van der Waals surface area contributed by atoms with E-state index in [0.29, 0.717) is 0 Å². The average molecular weight is 324 g/mol. The lowest BCUT2D eigenvalue weighted by atomic mass is 10.2. The number of nitrogens with one attached hydrogen (secondary N) is 1. The number of alkyl halides is 3. The van der Waals surface area contributed by atoms with Gasteiger partial charge in [0, 0.05) is 12.2 Å². The average Bonchev–Trinajstić information content (AvgIpc) is 3.04. The maximum Gasteiger partial charge on any atom is 0.573 e. The molecule has 0 amide bonds. The third kappa shape index (κ3) is 4.40. The van der Waals surface area contributed by atoms with Crippen molar-refractivity contribution in [2.75, 3.05) is 11.9 Å². The number of ether oxygens (including phenoxy) is 1. The summed E-state index contributed by atoms with van der Waals surface area (Å²) >= 11 is 3.07. The molecule has 0 heterocycles. The third-order valence-electron chi connectivity index (χ3n) is 2.74. The van der Waals surface area contributed by atoms with Gasteiger partial charge in [-0.05, 0) is 46.5 Å². The van der Waals surface area contributed by atoms with Crippen molar-refractivity contribution in [3.05, 3.63) is 22.7 Å². The van der Waals surface area contributed by atoms with Crippen LogP contribution in [0.1, 0.15) is 19.3 Å². The van der Waals surface area contributed by atoms with Crippen molar-refractivity contribution in [3.8, 4) is 5.75 Å². The molecule has 0 spiro atoms. The second kappa shape index (κ2) is 5.38. The van der Waals surface area contributed by atoms with Crippen LogP contribution in [0.5, 0.6) is 5.75 Å². The summed E-state index contributed by atoms with van der Waals surface area (Å²) in [4.78, 5) is 0. The molecule has 6 heteroatoms. The zero-order valence-corrected chi connectivity index (χ0v) is 11.1. The van der Waals surface area contributed by atoms with Crippen LogP contribution in [0.4, 0.5) is 18.9 Å². The molecule has 1 aliphatic rings. The summed E-state index contributed by atoms with van der Waals surface area (Å²) in [5.41, 5.74) is 0.789. The number of anilines is 1. The van der Waals surface area contributed by atoms with Gasteiger partial charge in [-0.2, -0.15) is 0 Å². The molecule has 1 N–H and O–H groups in total. The molecule has 2 nitrogen and oxygen atoms in total. The van der Waals surface area contributed by atoms with Gasteiger partial charge in [-0.3, -0.25) is 0 Å². The molecule has 1 saturated carbocycles. The Bertz CT molecular complexity index is 418. The van der Waals surface area contributed by atoms with Gasteiger partial charge in [0.15, 0.2) is 0 Å². The van der Waals surface area contributed by atoms with Crippen LogP contribution in [0.25, 0.3) is 0 Å². The van der Waals surface area contributed by atoms with E-state index in [9.17, 15) is 13.2 Å². The Morgan fingerprint density at radius 3 is 2.61 bits per heavy atom. The number of halogens is 4. The quantitative estimate of drug-likeness (QED) is 0.857. The highest BCUT2D eigenvalue weighted by Crippen LogP contribution is 2.34. The molecule has 0 radical (unpaired) electrons. The first-order valence-electron chi connectivity index (χ1n) is 5.73. The number of benzene rings is 1. The maximum atomic E-state index is 12.1. The second-order valence-corrected chi connectivity index (χ2v) is 5.21. The van der Waals surface area contributed by atoms with Crippen molar-refractivity contribution in [2.45, 2.75) is 25.6 Å². The fourth-order valence-electron chi connectivity index (χ4n) is 1.65. The van der Waals surface area contributed by atoms with Crippen LogP contribution in [0, 0.1) is 5.92 Å². The van der Waals surface area contributed by atoms with Gasteiger partial charge >= 0.3 is 6.36 Å². The Labute approximate surface area is 112 Å². The van der Waals surface area contributed by atoms with Crippen molar-refractivity contribution in [2.24, 2.45) is 5.92 Å². The summed E-state index contributed by atoms with van der Waals surface area (Å²) in [7, 11) is 0. The van der Waals surface area contributed by atoms with Crippen LogP contribution in [0.15, 0.2) is 22.7 Å². The summed E-state index contributed by atoms with van der Waals surface area (Å²) in [6, 6.07) is 4.48. The van der Waals surface area contributed by atoms with E-state index >= 15 is 0 Å². The first-order valence-corrected chi connectivity index (χ1v) is 6.52.